The van der Waals surface area contributed by atoms with Crippen LogP contribution >= 0.6 is 0 Å². The molecule has 0 aliphatic heterocycles. The topological polar surface area (TPSA) is 81.5 Å². The average Bonchev–Trinajstić information content (AvgIpc) is 2.11. The van der Waals surface area contributed by atoms with E-state index in [1.807, 2.05) is 18.2 Å². The summed E-state index contributed by atoms with van der Waals surface area (Å²) in [6.07, 6.45) is 1.46. The van der Waals surface area contributed by atoms with E-state index in [0.717, 1.165) is 0 Å². The number of nitrogens with zero attached hydrogens (tertiary/aromatic N) is 1. The van der Waals surface area contributed by atoms with E-state index < -0.39 is 0 Å². The van der Waals surface area contributed by atoms with Gasteiger partial charge in [-0.05, 0) is 12.1 Å². The molecule has 0 heterocycles. The van der Waals surface area contributed by atoms with E-state index >= 15 is 0 Å². The molecule has 0 amide bonds. The summed E-state index contributed by atoms with van der Waals surface area (Å²) in [6.45, 7) is 0. The van der Waals surface area contributed by atoms with Crippen LogP contribution in [0.25, 0.3) is 0 Å². The highest BCUT2D eigenvalue weighted by molar-refractivity contribution is 5.47. The third kappa shape index (κ3) is 4.00. The third-order valence-electron chi connectivity index (χ3n) is 0.931. The Kier molecular flexibility index (Phi) is 5.74. The lowest BCUT2D eigenvalue weighted by molar-refractivity contribution is 0.565. The van der Waals surface area contributed by atoms with Crippen molar-refractivity contribution >= 4 is 11.8 Å². The molecule has 4 N–H and O–H groups in total. The first-order valence-corrected chi connectivity index (χ1v) is 2.90. The molecule has 0 fully saturated rings. The quantitative estimate of drug-likeness (QED) is 0.265. The van der Waals surface area contributed by atoms with Gasteiger partial charge in [-0.25, -0.2) is 4.79 Å². The summed E-state index contributed by atoms with van der Waals surface area (Å²) in [7, 11) is 0. The lowest BCUT2D eigenvalue weighted by Crippen LogP contribution is -2.02. The molecule has 1 aromatic rings. The summed E-state index contributed by atoms with van der Waals surface area (Å²) in [4.78, 5) is 13.1. The normalized spacial score (nSPS) is 7.09. The van der Waals surface area contributed by atoms with Gasteiger partial charge in [0.15, 0.2) is 0 Å². The minimum atomic E-state index is 0.646. The van der Waals surface area contributed by atoms with Crippen molar-refractivity contribution in [1.29, 1.82) is 0 Å². The molecule has 0 saturated carbocycles. The Morgan fingerprint density at radius 1 is 1.18 bits per heavy atom. The summed E-state index contributed by atoms with van der Waals surface area (Å²) in [5, 5.41) is 0. The van der Waals surface area contributed by atoms with Gasteiger partial charge in [0.1, 0.15) is 0 Å². The Balaban J connectivity index is 0.000000461. The summed E-state index contributed by atoms with van der Waals surface area (Å²) in [5.41, 5.74) is 0.646. The SMILES string of the molecule is NN.O=C=Nc1ccccc1. The van der Waals surface area contributed by atoms with Crippen LogP contribution in [0.5, 0.6) is 0 Å². The van der Waals surface area contributed by atoms with Crippen molar-refractivity contribution in [1.82, 2.24) is 0 Å². The molecular formula is C7H9N3O. The Morgan fingerprint density at radius 3 is 2.18 bits per heavy atom. The molecule has 0 saturated heterocycles. The number of carbonyl (C=O) groups excluding carboxylic acids is 1. The Morgan fingerprint density at radius 2 is 1.73 bits per heavy atom. The molecule has 1 rings (SSSR count). The first kappa shape index (κ1) is 9.52. The summed E-state index contributed by atoms with van der Waals surface area (Å²) >= 11 is 0. The molecule has 4 nitrogen and oxygen atoms in total. The lowest BCUT2D eigenvalue weighted by Gasteiger charge is -1.83. The zero-order valence-corrected chi connectivity index (χ0v) is 5.90. The number of hydrogen-bond acceptors (Lipinski definition) is 4. The fraction of sp³-hybridized carbons (Fsp3) is 0. The number of para-hydroxylation sites is 1. The van der Waals surface area contributed by atoms with Gasteiger partial charge in [0, 0.05) is 0 Å². The van der Waals surface area contributed by atoms with Gasteiger partial charge in [-0.1, -0.05) is 18.2 Å². The molecule has 58 valence electrons. The number of nitrogens with two attached hydrogens (primary N) is 2. The molecule has 1 aromatic carbocycles. The first-order valence-electron chi connectivity index (χ1n) is 2.90. The highest BCUT2D eigenvalue weighted by Crippen LogP contribution is 2.06. The first-order chi connectivity index (χ1) is 5.43. The van der Waals surface area contributed by atoms with E-state index in [1.54, 1.807) is 12.1 Å². The van der Waals surface area contributed by atoms with E-state index in [1.165, 1.54) is 6.08 Å². The minimum absolute atomic E-state index is 0.646. The number of hydrogen-bond donors (Lipinski definition) is 2. The summed E-state index contributed by atoms with van der Waals surface area (Å²) < 4.78 is 0. The van der Waals surface area contributed by atoms with Crippen molar-refractivity contribution < 1.29 is 4.79 Å². The molecular weight excluding hydrogens is 142 g/mol. The maximum absolute atomic E-state index is 9.68. The molecule has 0 bridgehead atoms. The largest absolute Gasteiger partial charge is 0.274 e. The highest BCUT2D eigenvalue weighted by Gasteiger charge is 1.79. The molecule has 11 heavy (non-hydrogen) atoms. The van der Waals surface area contributed by atoms with Crippen molar-refractivity contribution in [2.24, 2.45) is 16.7 Å². The molecule has 0 spiro atoms. The fourth-order valence-corrected chi connectivity index (χ4v) is 0.555. The van der Waals surface area contributed by atoms with Gasteiger partial charge < -0.3 is 0 Å². The Labute approximate surface area is 64.5 Å². The number of benzene rings is 1. The van der Waals surface area contributed by atoms with Gasteiger partial charge in [0.05, 0.1) is 5.69 Å². The molecule has 0 aliphatic carbocycles. The van der Waals surface area contributed by atoms with Gasteiger partial charge in [0.25, 0.3) is 0 Å². The highest BCUT2D eigenvalue weighted by atomic mass is 16.1. The minimum Gasteiger partial charge on any atom is -0.274 e. The summed E-state index contributed by atoms with van der Waals surface area (Å²) in [5.74, 6) is 8.00. The van der Waals surface area contributed by atoms with E-state index in [0.29, 0.717) is 5.69 Å². The maximum atomic E-state index is 9.68. The zero-order valence-electron chi connectivity index (χ0n) is 5.90. The molecule has 4 heteroatoms. The van der Waals surface area contributed by atoms with Crippen LogP contribution in [-0.4, -0.2) is 6.08 Å². The number of rotatable bonds is 1. The molecule has 0 radical (unpaired) electrons. The molecule has 0 aromatic heterocycles. The maximum Gasteiger partial charge on any atom is 0.240 e. The second kappa shape index (κ2) is 6.64. The smallest absolute Gasteiger partial charge is 0.240 e. The number of isocyanates is 1. The van der Waals surface area contributed by atoms with Crippen molar-refractivity contribution in [3.63, 3.8) is 0 Å². The second-order valence-electron chi connectivity index (χ2n) is 1.54. The van der Waals surface area contributed by atoms with Gasteiger partial charge in [-0.2, -0.15) is 4.99 Å². The van der Waals surface area contributed by atoms with Crippen LogP contribution in [0.15, 0.2) is 35.3 Å². The van der Waals surface area contributed by atoms with Gasteiger partial charge in [-0.3, -0.25) is 11.7 Å². The monoisotopic (exact) mass is 151 g/mol. The van der Waals surface area contributed by atoms with E-state index in [-0.39, 0.29) is 0 Å². The predicted molar refractivity (Wildman–Crippen MR) is 42.6 cm³/mol. The standard InChI is InChI=1S/C7H5NO.H4N2/c9-6-8-7-4-2-1-3-5-7;1-2/h1-5H;1-2H2. The third-order valence-corrected chi connectivity index (χ3v) is 0.931. The molecule has 0 unspecified atom stereocenters. The van der Waals surface area contributed by atoms with Crippen molar-refractivity contribution in [2.75, 3.05) is 0 Å². The molecule has 0 atom stereocenters. The van der Waals surface area contributed by atoms with Gasteiger partial charge in [0.2, 0.25) is 6.08 Å². The number of aliphatic imine (C=N–C) groups is 1. The second-order valence-corrected chi connectivity index (χ2v) is 1.54. The predicted octanol–water partition coefficient (Wildman–Crippen LogP) is 0.473. The van der Waals surface area contributed by atoms with Crippen LogP contribution in [0.4, 0.5) is 5.69 Å². The number of hydrazine groups is 1. The van der Waals surface area contributed by atoms with Crippen molar-refractivity contribution in [2.45, 2.75) is 0 Å². The van der Waals surface area contributed by atoms with E-state index in [4.69, 9.17) is 0 Å². The van der Waals surface area contributed by atoms with Crippen LogP contribution in [0.1, 0.15) is 0 Å². The van der Waals surface area contributed by atoms with Crippen LogP contribution in [0.2, 0.25) is 0 Å². The van der Waals surface area contributed by atoms with Crippen molar-refractivity contribution in [3.8, 4) is 0 Å². The van der Waals surface area contributed by atoms with Crippen LogP contribution < -0.4 is 11.7 Å². The van der Waals surface area contributed by atoms with E-state index in [2.05, 4.69) is 16.7 Å². The van der Waals surface area contributed by atoms with Crippen LogP contribution in [-0.2, 0) is 4.79 Å². The van der Waals surface area contributed by atoms with Crippen LogP contribution in [0.3, 0.4) is 0 Å². The lowest BCUT2D eigenvalue weighted by atomic mass is 10.3. The molecule has 0 aliphatic rings. The van der Waals surface area contributed by atoms with E-state index in [9.17, 15) is 4.79 Å². The van der Waals surface area contributed by atoms with Crippen molar-refractivity contribution in [3.05, 3.63) is 30.3 Å². The average molecular weight is 151 g/mol. The van der Waals surface area contributed by atoms with Gasteiger partial charge in [-0.15, -0.1) is 0 Å². The Hall–Kier alpha value is -1.48. The van der Waals surface area contributed by atoms with Crippen LogP contribution in [0, 0.1) is 0 Å². The Bertz CT molecular complexity index is 229. The van der Waals surface area contributed by atoms with Gasteiger partial charge >= 0.3 is 0 Å². The zero-order chi connectivity index (χ0) is 8.53. The fourth-order valence-electron chi connectivity index (χ4n) is 0.555. The summed E-state index contributed by atoms with van der Waals surface area (Å²) in [6, 6.07) is 8.98.